The number of benzene rings is 1. The molecule has 0 spiro atoms. The van der Waals surface area contributed by atoms with Crippen molar-refractivity contribution in [3.05, 3.63) is 52.0 Å². The first-order chi connectivity index (χ1) is 8.72. The number of rotatable bonds is 5. The molecule has 0 aliphatic rings. The Hall–Kier alpha value is -0.840. The molecule has 1 N–H and O–H groups in total. The molecule has 0 aliphatic heterocycles. The zero-order valence-corrected chi connectivity index (χ0v) is 12.1. The van der Waals surface area contributed by atoms with Crippen LogP contribution in [0.15, 0.2) is 40.6 Å². The SMILES string of the molecule is CNC(CSc1ccccc1F)c1ccsc1C. The summed E-state index contributed by atoms with van der Waals surface area (Å²) in [7, 11) is 1.95. The van der Waals surface area contributed by atoms with Crippen LogP contribution in [0.2, 0.25) is 0 Å². The van der Waals surface area contributed by atoms with Gasteiger partial charge in [0, 0.05) is 21.6 Å². The second-order valence-electron chi connectivity index (χ2n) is 4.01. The number of aryl methyl sites for hydroxylation is 1. The van der Waals surface area contributed by atoms with Crippen LogP contribution in [0.1, 0.15) is 16.5 Å². The van der Waals surface area contributed by atoms with Gasteiger partial charge >= 0.3 is 0 Å². The highest BCUT2D eigenvalue weighted by atomic mass is 32.2. The highest BCUT2D eigenvalue weighted by Crippen LogP contribution is 2.29. The number of halogens is 1. The first-order valence-corrected chi connectivity index (χ1v) is 7.67. The molecule has 1 aromatic heterocycles. The van der Waals surface area contributed by atoms with E-state index in [-0.39, 0.29) is 11.9 Å². The Bertz CT molecular complexity index is 510. The van der Waals surface area contributed by atoms with Gasteiger partial charge < -0.3 is 5.32 Å². The topological polar surface area (TPSA) is 12.0 Å². The summed E-state index contributed by atoms with van der Waals surface area (Å²) in [6.07, 6.45) is 0. The molecule has 1 heterocycles. The molecule has 2 aromatic rings. The lowest BCUT2D eigenvalue weighted by Crippen LogP contribution is -2.18. The fourth-order valence-electron chi connectivity index (χ4n) is 1.82. The van der Waals surface area contributed by atoms with Crippen LogP contribution in [0.25, 0.3) is 0 Å². The van der Waals surface area contributed by atoms with Crippen LogP contribution in [-0.4, -0.2) is 12.8 Å². The summed E-state index contributed by atoms with van der Waals surface area (Å²) >= 11 is 3.30. The molecule has 1 atom stereocenters. The summed E-state index contributed by atoms with van der Waals surface area (Å²) in [6.45, 7) is 2.12. The molecule has 0 saturated heterocycles. The van der Waals surface area contributed by atoms with Gasteiger partial charge in [-0.2, -0.15) is 0 Å². The van der Waals surface area contributed by atoms with Crippen LogP contribution in [0, 0.1) is 12.7 Å². The normalized spacial score (nSPS) is 12.6. The van der Waals surface area contributed by atoms with Crippen molar-refractivity contribution in [2.75, 3.05) is 12.8 Å². The van der Waals surface area contributed by atoms with Crippen LogP contribution >= 0.6 is 23.1 Å². The molecular weight excluding hydrogens is 265 g/mol. The number of hydrogen-bond acceptors (Lipinski definition) is 3. The Morgan fingerprint density at radius 3 is 2.72 bits per heavy atom. The van der Waals surface area contributed by atoms with Gasteiger partial charge in [0.2, 0.25) is 0 Å². The predicted octanol–water partition coefficient (Wildman–Crippen LogP) is 4.25. The second-order valence-corrected chi connectivity index (χ2v) is 6.20. The number of thiophene rings is 1. The molecule has 96 valence electrons. The summed E-state index contributed by atoms with van der Waals surface area (Å²) in [5.74, 6) is 0.689. The number of nitrogens with one attached hydrogen (secondary N) is 1. The molecule has 0 saturated carbocycles. The van der Waals surface area contributed by atoms with Crippen LogP contribution in [0.4, 0.5) is 4.39 Å². The van der Waals surface area contributed by atoms with E-state index in [4.69, 9.17) is 0 Å². The van der Waals surface area contributed by atoms with Crippen molar-refractivity contribution in [3.63, 3.8) is 0 Å². The minimum Gasteiger partial charge on any atom is -0.312 e. The minimum absolute atomic E-state index is 0.139. The average Bonchev–Trinajstić information content (AvgIpc) is 2.79. The summed E-state index contributed by atoms with van der Waals surface area (Å²) in [5.41, 5.74) is 1.31. The van der Waals surface area contributed by atoms with Gasteiger partial charge in [-0.1, -0.05) is 12.1 Å². The Kier molecular flexibility index (Phi) is 4.80. The highest BCUT2D eigenvalue weighted by molar-refractivity contribution is 7.99. The zero-order chi connectivity index (χ0) is 13.0. The number of hydrogen-bond donors (Lipinski definition) is 1. The van der Waals surface area contributed by atoms with Crippen LogP contribution < -0.4 is 5.32 Å². The average molecular weight is 281 g/mol. The van der Waals surface area contributed by atoms with E-state index in [1.165, 1.54) is 16.5 Å². The third-order valence-electron chi connectivity index (χ3n) is 2.86. The van der Waals surface area contributed by atoms with Crippen molar-refractivity contribution in [2.24, 2.45) is 0 Å². The largest absolute Gasteiger partial charge is 0.312 e. The van der Waals surface area contributed by atoms with E-state index >= 15 is 0 Å². The van der Waals surface area contributed by atoms with Crippen LogP contribution in [0.3, 0.4) is 0 Å². The first kappa shape index (κ1) is 13.6. The van der Waals surface area contributed by atoms with Crippen molar-refractivity contribution in [3.8, 4) is 0 Å². The molecule has 2 rings (SSSR count). The molecule has 1 unspecified atom stereocenters. The zero-order valence-electron chi connectivity index (χ0n) is 10.4. The standard InChI is InChI=1S/C14H16FNS2/c1-10-11(7-8-17-10)13(16-2)9-18-14-6-4-3-5-12(14)15/h3-8,13,16H,9H2,1-2H3. The molecule has 4 heteroatoms. The maximum atomic E-state index is 13.5. The fourth-order valence-corrected chi connectivity index (χ4v) is 3.66. The third-order valence-corrected chi connectivity index (χ3v) is 4.87. The van der Waals surface area contributed by atoms with Crippen molar-refractivity contribution in [1.29, 1.82) is 0 Å². The van der Waals surface area contributed by atoms with E-state index < -0.39 is 0 Å². The molecule has 1 nitrogen and oxygen atoms in total. The lowest BCUT2D eigenvalue weighted by molar-refractivity contribution is 0.601. The van der Waals surface area contributed by atoms with Gasteiger partial charge in [0.15, 0.2) is 0 Å². The Balaban J connectivity index is 2.05. The fraction of sp³-hybridized carbons (Fsp3) is 0.286. The van der Waals surface area contributed by atoms with Gasteiger partial charge in [-0.25, -0.2) is 4.39 Å². The summed E-state index contributed by atoms with van der Waals surface area (Å²) in [5, 5.41) is 5.40. The summed E-state index contributed by atoms with van der Waals surface area (Å²) in [4.78, 5) is 2.04. The summed E-state index contributed by atoms with van der Waals surface area (Å²) < 4.78 is 13.5. The molecule has 18 heavy (non-hydrogen) atoms. The Morgan fingerprint density at radius 1 is 1.33 bits per heavy atom. The lowest BCUT2D eigenvalue weighted by atomic mass is 10.1. The van der Waals surface area contributed by atoms with Gasteiger partial charge in [-0.3, -0.25) is 0 Å². The first-order valence-electron chi connectivity index (χ1n) is 5.81. The van der Waals surface area contributed by atoms with Gasteiger partial charge in [0.1, 0.15) is 5.82 Å². The highest BCUT2D eigenvalue weighted by Gasteiger charge is 2.14. The Labute approximate surface area is 115 Å². The minimum atomic E-state index is -0.139. The Morgan fingerprint density at radius 2 is 2.11 bits per heavy atom. The third kappa shape index (κ3) is 3.13. The van der Waals surface area contributed by atoms with E-state index in [0.29, 0.717) is 4.90 Å². The molecular formula is C14H16FNS2. The second kappa shape index (κ2) is 6.36. The van der Waals surface area contributed by atoms with Crippen LogP contribution in [0.5, 0.6) is 0 Å². The summed E-state index contributed by atoms with van der Waals surface area (Å²) in [6, 6.07) is 9.33. The molecule has 0 radical (unpaired) electrons. The van der Waals surface area contributed by atoms with Gasteiger partial charge in [-0.15, -0.1) is 23.1 Å². The van der Waals surface area contributed by atoms with Gasteiger partial charge in [-0.05, 0) is 43.1 Å². The van der Waals surface area contributed by atoms with Gasteiger partial charge in [0.05, 0.1) is 0 Å². The van der Waals surface area contributed by atoms with Crippen LogP contribution in [-0.2, 0) is 0 Å². The van der Waals surface area contributed by atoms with E-state index in [9.17, 15) is 4.39 Å². The van der Waals surface area contributed by atoms with Crippen molar-refractivity contribution in [1.82, 2.24) is 5.32 Å². The maximum absolute atomic E-state index is 13.5. The monoisotopic (exact) mass is 281 g/mol. The molecule has 0 fully saturated rings. The van der Waals surface area contributed by atoms with E-state index in [1.54, 1.807) is 29.2 Å². The van der Waals surface area contributed by atoms with E-state index in [2.05, 4.69) is 23.7 Å². The quantitative estimate of drug-likeness (QED) is 0.822. The smallest absolute Gasteiger partial charge is 0.136 e. The van der Waals surface area contributed by atoms with Gasteiger partial charge in [0.25, 0.3) is 0 Å². The van der Waals surface area contributed by atoms with Crippen molar-refractivity contribution < 1.29 is 4.39 Å². The van der Waals surface area contributed by atoms with Crippen molar-refractivity contribution in [2.45, 2.75) is 17.9 Å². The lowest BCUT2D eigenvalue weighted by Gasteiger charge is -2.16. The molecule has 0 bridgehead atoms. The van der Waals surface area contributed by atoms with Crippen molar-refractivity contribution >= 4 is 23.1 Å². The molecule has 0 amide bonds. The van der Waals surface area contributed by atoms with E-state index in [1.807, 2.05) is 19.2 Å². The predicted molar refractivity (Wildman–Crippen MR) is 78.0 cm³/mol. The van der Waals surface area contributed by atoms with E-state index in [0.717, 1.165) is 5.75 Å². The maximum Gasteiger partial charge on any atom is 0.136 e. The number of thioether (sulfide) groups is 1. The molecule has 1 aromatic carbocycles. The molecule has 0 aliphatic carbocycles.